The van der Waals surface area contributed by atoms with E-state index in [1.54, 1.807) is 36.4 Å². The zero-order valence-electron chi connectivity index (χ0n) is 12.3. The van der Waals surface area contributed by atoms with Crippen LogP contribution in [0.4, 0.5) is 5.69 Å². The van der Waals surface area contributed by atoms with Gasteiger partial charge in [0.1, 0.15) is 5.75 Å². The summed E-state index contributed by atoms with van der Waals surface area (Å²) < 4.78 is 5.34. The Hall–Kier alpha value is -2.84. The zero-order chi connectivity index (χ0) is 16.8. The maximum Gasteiger partial charge on any atom is 0.262 e. The van der Waals surface area contributed by atoms with Crippen LogP contribution in [0.25, 0.3) is 0 Å². The predicted molar refractivity (Wildman–Crippen MR) is 86.7 cm³/mol. The molecule has 5 nitrogen and oxygen atoms in total. The Morgan fingerprint density at radius 3 is 2.48 bits per heavy atom. The highest BCUT2D eigenvalue weighted by Gasteiger charge is 2.09. The molecule has 0 heterocycles. The number of ketones is 1. The molecule has 0 aliphatic heterocycles. The molecule has 0 aromatic heterocycles. The van der Waals surface area contributed by atoms with Gasteiger partial charge in [-0.15, -0.1) is 0 Å². The number of nitrogens with one attached hydrogen (secondary N) is 1. The lowest BCUT2D eigenvalue weighted by molar-refractivity contribution is -0.118. The molecule has 0 atom stereocenters. The highest BCUT2D eigenvalue weighted by molar-refractivity contribution is 6.32. The van der Waals surface area contributed by atoms with Crippen LogP contribution in [0.5, 0.6) is 5.75 Å². The van der Waals surface area contributed by atoms with Gasteiger partial charge in [-0.05, 0) is 49.4 Å². The van der Waals surface area contributed by atoms with Crippen LogP contribution >= 0.6 is 11.6 Å². The van der Waals surface area contributed by atoms with E-state index in [1.807, 2.05) is 6.07 Å². The summed E-state index contributed by atoms with van der Waals surface area (Å²) in [4.78, 5) is 23.1. The van der Waals surface area contributed by atoms with Gasteiger partial charge in [-0.3, -0.25) is 9.59 Å². The van der Waals surface area contributed by atoms with Gasteiger partial charge < -0.3 is 10.1 Å². The predicted octanol–water partition coefficient (Wildman–Crippen LogP) is 3.43. The van der Waals surface area contributed by atoms with E-state index >= 15 is 0 Å². The number of nitriles is 1. The number of rotatable bonds is 5. The van der Waals surface area contributed by atoms with Crippen molar-refractivity contribution in [2.45, 2.75) is 6.92 Å². The lowest BCUT2D eigenvalue weighted by Crippen LogP contribution is -2.20. The summed E-state index contributed by atoms with van der Waals surface area (Å²) in [5, 5.41) is 11.6. The smallest absolute Gasteiger partial charge is 0.262 e. The second kappa shape index (κ2) is 7.43. The highest BCUT2D eigenvalue weighted by Crippen LogP contribution is 2.25. The van der Waals surface area contributed by atoms with Gasteiger partial charge in [-0.1, -0.05) is 11.6 Å². The minimum absolute atomic E-state index is 0.1000. The number of carbonyl (C=O) groups excluding carboxylic acids is 2. The number of nitrogens with zero attached hydrogens (tertiary/aromatic N) is 1. The molecule has 116 valence electrons. The maximum absolute atomic E-state index is 11.8. The molecule has 1 amide bonds. The van der Waals surface area contributed by atoms with Gasteiger partial charge in [0.15, 0.2) is 12.4 Å². The third-order valence-corrected chi connectivity index (χ3v) is 3.29. The first-order valence-electron chi connectivity index (χ1n) is 6.73. The van der Waals surface area contributed by atoms with E-state index in [4.69, 9.17) is 21.6 Å². The second-order valence-corrected chi connectivity index (χ2v) is 5.13. The summed E-state index contributed by atoms with van der Waals surface area (Å²) in [6.07, 6.45) is 0. The van der Waals surface area contributed by atoms with Crippen LogP contribution in [0.3, 0.4) is 0 Å². The third kappa shape index (κ3) is 4.56. The minimum Gasteiger partial charge on any atom is -0.482 e. The Kier molecular flexibility index (Phi) is 5.34. The topological polar surface area (TPSA) is 79.2 Å². The number of hydrogen-bond donors (Lipinski definition) is 1. The van der Waals surface area contributed by atoms with E-state index in [9.17, 15) is 9.59 Å². The molecule has 23 heavy (non-hydrogen) atoms. The number of Topliss-reactive ketones (excluding diaryl/α,β-unsaturated/α-hetero) is 1. The van der Waals surface area contributed by atoms with Crippen molar-refractivity contribution >= 4 is 29.0 Å². The molecule has 2 aromatic carbocycles. The van der Waals surface area contributed by atoms with Gasteiger partial charge in [0, 0.05) is 11.3 Å². The fourth-order valence-electron chi connectivity index (χ4n) is 1.81. The number of ether oxygens (including phenoxy) is 1. The standard InChI is InChI=1S/C17H13ClN2O3/c1-11(21)13-4-7-16(15(18)8-13)23-10-17(22)20-14-5-2-12(9-19)3-6-14/h2-8H,10H2,1H3,(H,20,22). The fraction of sp³-hybridized carbons (Fsp3) is 0.118. The van der Waals surface area contributed by atoms with Crippen LogP contribution in [0.15, 0.2) is 42.5 Å². The Morgan fingerprint density at radius 1 is 1.22 bits per heavy atom. The molecule has 2 aromatic rings. The molecule has 6 heteroatoms. The number of carbonyl (C=O) groups is 2. The molecule has 0 saturated carbocycles. The van der Waals surface area contributed by atoms with Crippen LogP contribution in [0.1, 0.15) is 22.8 Å². The molecular weight excluding hydrogens is 316 g/mol. The molecule has 0 fully saturated rings. The van der Waals surface area contributed by atoms with Gasteiger partial charge >= 0.3 is 0 Å². The summed E-state index contributed by atoms with van der Waals surface area (Å²) >= 11 is 6.01. The van der Waals surface area contributed by atoms with Gasteiger partial charge in [0.05, 0.1) is 16.7 Å². The van der Waals surface area contributed by atoms with Crippen molar-refractivity contribution in [3.05, 3.63) is 58.6 Å². The number of benzene rings is 2. The molecule has 2 rings (SSSR count). The number of amides is 1. The quantitative estimate of drug-likeness (QED) is 0.853. The van der Waals surface area contributed by atoms with E-state index in [1.165, 1.54) is 13.0 Å². The Morgan fingerprint density at radius 2 is 1.91 bits per heavy atom. The second-order valence-electron chi connectivity index (χ2n) is 4.73. The summed E-state index contributed by atoms with van der Waals surface area (Å²) in [5.74, 6) is -0.134. The van der Waals surface area contributed by atoms with Crippen LogP contribution in [0.2, 0.25) is 5.02 Å². The summed E-state index contributed by atoms with van der Waals surface area (Å²) in [5.41, 5.74) is 1.55. The third-order valence-electron chi connectivity index (χ3n) is 2.99. The fourth-order valence-corrected chi connectivity index (χ4v) is 2.04. The van der Waals surface area contributed by atoms with E-state index < -0.39 is 0 Å². The number of hydrogen-bond acceptors (Lipinski definition) is 4. The minimum atomic E-state index is -0.360. The van der Waals surface area contributed by atoms with Crippen molar-refractivity contribution in [1.82, 2.24) is 0 Å². The van der Waals surface area contributed by atoms with Crippen molar-refractivity contribution in [2.24, 2.45) is 0 Å². The molecule has 1 N–H and O–H groups in total. The summed E-state index contributed by atoms with van der Waals surface area (Å²) in [6.45, 7) is 1.22. The highest BCUT2D eigenvalue weighted by atomic mass is 35.5. The van der Waals surface area contributed by atoms with Crippen molar-refractivity contribution < 1.29 is 14.3 Å². The van der Waals surface area contributed by atoms with Crippen molar-refractivity contribution in [1.29, 1.82) is 5.26 Å². The largest absolute Gasteiger partial charge is 0.482 e. The van der Waals surface area contributed by atoms with E-state index in [2.05, 4.69) is 5.32 Å². The normalized spacial score (nSPS) is 9.78. The molecular formula is C17H13ClN2O3. The molecule has 0 bridgehead atoms. The molecule has 0 radical (unpaired) electrons. The zero-order valence-corrected chi connectivity index (χ0v) is 13.1. The molecule has 0 aliphatic carbocycles. The Labute approximate surface area is 138 Å². The molecule has 0 saturated heterocycles. The van der Waals surface area contributed by atoms with Gasteiger partial charge in [-0.2, -0.15) is 5.26 Å². The van der Waals surface area contributed by atoms with E-state index in [0.717, 1.165) is 0 Å². The lowest BCUT2D eigenvalue weighted by atomic mass is 10.1. The first kappa shape index (κ1) is 16.5. The van der Waals surface area contributed by atoms with Crippen molar-refractivity contribution in [2.75, 3.05) is 11.9 Å². The van der Waals surface area contributed by atoms with Crippen molar-refractivity contribution in [3.63, 3.8) is 0 Å². The molecule has 0 spiro atoms. The average molecular weight is 329 g/mol. The Balaban J connectivity index is 1.93. The van der Waals surface area contributed by atoms with E-state index in [-0.39, 0.29) is 23.3 Å². The summed E-state index contributed by atoms with van der Waals surface area (Å²) in [7, 11) is 0. The van der Waals surface area contributed by atoms with Crippen molar-refractivity contribution in [3.8, 4) is 11.8 Å². The Bertz CT molecular complexity index is 779. The molecule has 0 unspecified atom stereocenters. The summed E-state index contributed by atoms with van der Waals surface area (Å²) in [6, 6.07) is 13.1. The van der Waals surface area contributed by atoms with Gasteiger partial charge in [0.2, 0.25) is 0 Å². The first-order valence-corrected chi connectivity index (χ1v) is 7.10. The van der Waals surface area contributed by atoms with Crippen LogP contribution in [0, 0.1) is 11.3 Å². The monoisotopic (exact) mass is 328 g/mol. The SMILES string of the molecule is CC(=O)c1ccc(OCC(=O)Nc2ccc(C#N)cc2)c(Cl)c1. The number of halogens is 1. The van der Waals surface area contributed by atoms with Crippen LogP contribution in [-0.2, 0) is 4.79 Å². The van der Waals surface area contributed by atoms with Gasteiger partial charge in [0.25, 0.3) is 5.91 Å². The van der Waals surface area contributed by atoms with Gasteiger partial charge in [-0.25, -0.2) is 0 Å². The maximum atomic E-state index is 11.8. The van der Waals surface area contributed by atoms with Crippen LogP contribution < -0.4 is 10.1 Å². The van der Waals surface area contributed by atoms with E-state index in [0.29, 0.717) is 22.6 Å². The molecule has 0 aliphatic rings. The number of anilines is 1. The average Bonchev–Trinajstić information content (AvgIpc) is 2.54. The van der Waals surface area contributed by atoms with Crippen LogP contribution in [-0.4, -0.2) is 18.3 Å². The lowest BCUT2D eigenvalue weighted by Gasteiger charge is -2.09. The first-order chi connectivity index (χ1) is 11.0.